The number of carbonyl (C=O) groups excluding carboxylic acids is 1. The van der Waals surface area contributed by atoms with E-state index < -0.39 is 12.0 Å². The van der Waals surface area contributed by atoms with Gasteiger partial charge in [-0.05, 0) is 43.8 Å². The number of amides is 2. The van der Waals surface area contributed by atoms with E-state index in [4.69, 9.17) is 0 Å². The minimum Gasteiger partial charge on any atom is -0.480 e. The van der Waals surface area contributed by atoms with E-state index in [1.165, 1.54) is 11.3 Å². The summed E-state index contributed by atoms with van der Waals surface area (Å²) in [6.45, 7) is 7.16. The first-order valence-corrected chi connectivity index (χ1v) is 8.65. The van der Waals surface area contributed by atoms with Crippen LogP contribution in [0.25, 0.3) is 0 Å². The Kier molecular flexibility index (Phi) is 4.76. The minimum absolute atomic E-state index is 0.0969. The van der Waals surface area contributed by atoms with Crippen LogP contribution in [0.15, 0.2) is 0 Å². The molecule has 0 bridgehead atoms. The third-order valence-electron chi connectivity index (χ3n) is 4.68. The van der Waals surface area contributed by atoms with Gasteiger partial charge in [0.1, 0.15) is 6.04 Å². The lowest BCUT2D eigenvalue weighted by atomic mass is 9.76. The summed E-state index contributed by atoms with van der Waals surface area (Å²) in [4.78, 5) is 25.5. The minimum atomic E-state index is -0.906. The highest BCUT2D eigenvalue weighted by Crippen LogP contribution is 2.38. The first-order valence-electron chi connectivity index (χ1n) is 7.66. The van der Waals surface area contributed by atoms with Gasteiger partial charge in [-0.3, -0.25) is 0 Å². The van der Waals surface area contributed by atoms with Gasteiger partial charge in [0.15, 0.2) is 0 Å². The Morgan fingerprint density at radius 1 is 1.29 bits per heavy atom. The van der Waals surface area contributed by atoms with Crippen molar-refractivity contribution in [3.05, 3.63) is 0 Å². The van der Waals surface area contributed by atoms with Crippen LogP contribution in [0, 0.1) is 5.41 Å². The molecule has 0 aromatic heterocycles. The number of thioether (sulfide) groups is 1. The molecular formula is C15H26N2O3S. The number of carboxylic acids is 1. The molecule has 2 rings (SSSR count). The van der Waals surface area contributed by atoms with E-state index >= 15 is 0 Å². The van der Waals surface area contributed by atoms with Crippen molar-refractivity contribution in [2.24, 2.45) is 5.41 Å². The molecule has 120 valence electrons. The van der Waals surface area contributed by atoms with E-state index in [1.807, 2.05) is 25.6 Å². The van der Waals surface area contributed by atoms with Crippen molar-refractivity contribution in [3.63, 3.8) is 0 Å². The molecule has 6 heteroatoms. The molecule has 0 radical (unpaired) electrons. The van der Waals surface area contributed by atoms with Crippen molar-refractivity contribution in [3.8, 4) is 0 Å². The quantitative estimate of drug-likeness (QED) is 0.840. The monoisotopic (exact) mass is 314 g/mol. The van der Waals surface area contributed by atoms with Crippen LogP contribution in [0.4, 0.5) is 4.79 Å². The molecule has 5 nitrogen and oxygen atoms in total. The number of hydrogen-bond donors (Lipinski definition) is 2. The highest BCUT2D eigenvalue weighted by atomic mass is 32.2. The van der Waals surface area contributed by atoms with E-state index in [-0.39, 0.29) is 16.2 Å². The van der Waals surface area contributed by atoms with Crippen LogP contribution in [0.2, 0.25) is 0 Å². The number of piperidine rings is 1. The number of hydrogen-bond acceptors (Lipinski definition) is 3. The van der Waals surface area contributed by atoms with E-state index in [0.29, 0.717) is 13.1 Å². The van der Waals surface area contributed by atoms with E-state index in [9.17, 15) is 14.7 Å². The molecule has 0 aliphatic carbocycles. The van der Waals surface area contributed by atoms with Gasteiger partial charge < -0.3 is 15.3 Å². The lowest BCUT2D eigenvalue weighted by molar-refractivity contribution is -0.148. The number of rotatable bonds is 3. The number of nitrogens with zero attached hydrogens (tertiary/aromatic N) is 1. The Balaban J connectivity index is 2.01. The normalized spacial score (nSPS) is 32.0. The summed E-state index contributed by atoms with van der Waals surface area (Å²) in [5, 5.41) is 12.5. The smallest absolute Gasteiger partial charge is 0.327 e. The fraction of sp³-hybridized carbons (Fsp3) is 0.867. The SMILES string of the molecule is CC1(CNC(=O)N2CCCC(C)(C)C2C(=O)O)CCCS1. The lowest BCUT2D eigenvalue weighted by Crippen LogP contribution is -2.59. The van der Waals surface area contributed by atoms with E-state index in [2.05, 4.69) is 12.2 Å². The predicted octanol–water partition coefficient (Wildman–Crippen LogP) is 2.56. The van der Waals surface area contributed by atoms with Gasteiger partial charge >= 0.3 is 12.0 Å². The van der Waals surface area contributed by atoms with E-state index in [1.54, 1.807) is 0 Å². The highest BCUT2D eigenvalue weighted by molar-refractivity contribution is 8.00. The first-order chi connectivity index (χ1) is 9.75. The summed E-state index contributed by atoms with van der Waals surface area (Å²) >= 11 is 1.89. The van der Waals surface area contributed by atoms with Crippen molar-refractivity contribution < 1.29 is 14.7 Å². The number of likely N-dealkylation sites (tertiary alicyclic amines) is 1. The molecule has 0 spiro atoms. The molecule has 2 amide bonds. The van der Waals surface area contributed by atoms with Gasteiger partial charge in [-0.2, -0.15) is 11.8 Å². The zero-order chi connectivity index (χ0) is 15.7. The van der Waals surface area contributed by atoms with Gasteiger partial charge in [-0.15, -0.1) is 0 Å². The summed E-state index contributed by atoms with van der Waals surface area (Å²) < 4.78 is 0.0969. The molecule has 2 aliphatic rings. The van der Waals surface area contributed by atoms with Gasteiger partial charge in [0.05, 0.1) is 0 Å². The van der Waals surface area contributed by atoms with Gasteiger partial charge in [-0.25, -0.2) is 9.59 Å². The molecule has 2 aliphatic heterocycles. The molecule has 0 aromatic carbocycles. The van der Waals surface area contributed by atoms with Crippen LogP contribution < -0.4 is 5.32 Å². The van der Waals surface area contributed by atoms with Gasteiger partial charge in [0.2, 0.25) is 0 Å². The molecule has 2 atom stereocenters. The molecular weight excluding hydrogens is 288 g/mol. The molecule has 2 heterocycles. The molecule has 0 saturated carbocycles. The Hall–Kier alpha value is -0.910. The fourth-order valence-electron chi connectivity index (χ4n) is 3.42. The molecule has 2 fully saturated rings. The third kappa shape index (κ3) is 3.65. The van der Waals surface area contributed by atoms with Crippen LogP contribution in [0.3, 0.4) is 0 Å². The van der Waals surface area contributed by atoms with Crippen LogP contribution in [-0.2, 0) is 4.79 Å². The first kappa shape index (κ1) is 16.5. The average molecular weight is 314 g/mol. The summed E-state index contributed by atoms with van der Waals surface area (Å²) in [7, 11) is 0. The Bertz CT molecular complexity index is 419. The molecule has 21 heavy (non-hydrogen) atoms. The number of aliphatic carboxylic acids is 1. The standard InChI is InChI=1S/C15H26N2O3S/c1-14(2)6-4-8-17(11(14)12(18)19)13(20)16-10-15(3)7-5-9-21-15/h11H,4-10H2,1-3H3,(H,16,20)(H,18,19). The van der Waals surface area contributed by atoms with Crippen LogP contribution >= 0.6 is 11.8 Å². The fourth-order valence-corrected chi connectivity index (χ4v) is 4.66. The number of urea groups is 1. The van der Waals surface area contributed by atoms with Gasteiger partial charge in [0.25, 0.3) is 0 Å². The van der Waals surface area contributed by atoms with E-state index in [0.717, 1.165) is 25.0 Å². The Morgan fingerprint density at radius 2 is 2.00 bits per heavy atom. The topological polar surface area (TPSA) is 69.6 Å². The van der Waals surface area contributed by atoms with Crippen molar-refractivity contribution in [1.82, 2.24) is 10.2 Å². The highest BCUT2D eigenvalue weighted by Gasteiger charge is 2.44. The van der Waals surface area contributed by atoms with Crippen molar-refractivity contribution in [2.75, 3.05) is 18.8 Å². The summed E-state index contributed by atoms with van der Waals surface area (Å²) in [5.74, 6) is 0.234. The van der Waals surface area contributed by atoms with Crippen molar-refractivity contribution >= 4 is 23.8 Å². The van der Waals surface area contributed by atoms with Crippen molar-refractivity contribution in [1.29, 1.82) is 0 Å². The summed E-state index contributed by atoms with van der Waals surface area (Å²) in [6.07, 6.45) is 3.98. The second-order valence-electron chi connectivity index (χ2n) is 7.09. The Morgan fingerprint density at radius 3 is 2.57 bits per heavy atom. The summed E-state index contributed by atoms with van der Waals surface area (Å²) in [6, 6.07) is -0.973. The predicted molar refractivity (Wildman–Crippen MR) is 84.6 cm³/mol. The zero-order valence-corrected chi connectivity index (χ0v) is 14.0. The Labute approximate surface area is 130 Å². The van der Waals surface area contributed by atoms with Crippen LogP contribution in [0.1, 0.15) is 46.5 Å². The number of carbonyl (C=O) groups is 2. The number of nitrogens with one attached hydrogen (secondary N) is 1. The zero-order valence-electron chi connectivity index (χ0n) is 13.1. The van der Waals surface area contributed by atoms with Crippen LogP contribution in [0.5, 0.6) is 0 Å². The maximum Gasteiger partial charge on any atom is 0.327 e. The van der Waals surface area contributed by atoms with Gasteiger partial charge in [0, 0.05) is 17.8 Å². The largest absolute Gasteiger partial charge is 0.480 e. The second-order valence-corrected chi connectivity index (χ2v) is 8.77. The third-order valence-corrected chi connectivity index (χ3v) is 6.22. The molecule has 2 saturated heterocycles. The molecule has 2 unspecified atom stereocenters. The molecule has 0 aromatic rings. The maximum absolute atomic E-state index is 12.4. The number of carboxylic acid groups (broad SMARTS) is 1. The second kappa shape index (κ2) is 6.07. The molecule has 2 N–H and O–H groups in total. The van der Waals surface area contributed by atoms with Crippen LogP contribution in [-0.4, -0.2) is 51.6 Å². The average Bonchev–Trinajstić information content (AvgIpc) is 2.81. The van der Waals surface area contributed by atoms with Crippen molar-refractivity contribution in [2.45, 2.75) is 57.2 Å². The maximum atomic E-state index is 12.4. The van der Waals surface area contributed by atoms with Gasteiger partial charge in [-0.1, -0.05) is 13.8 Å². The summed E-state index contributed by atoms with van der Waals surface area (Å²) in [5.41, 5.74) is -0.382. The lowest BCUT2D eigenvalue weighted by Gasteiger charge is -2.44.